The monoisotopic (exact) mass is 344 g/mol. The molecule has 1 unspecified atom stereocenters. The average Bonchev–Trinajstić information content (AvgIpc) is 2.64. The Morgan fingerprint density at radius 2 is 1.84 bits per heavy atom. The molecule has 0 saturated carbocycles. The molecule has 2 amide bonds. The maximum absolute atomic E-state index is 13.2. The lowest BCUT2D eigenvalue weighted by molar-refractivity contribution is -0.126. The fourth-order valence-corrected chi connectivity index (χ4v) is 2.25. The first kappa shape index (κ1) is 18.4. The number of rotatable bonds is 7. The minimum Gasteiger partial charge on any atom is -0.497 e. The van der Waals surface area contributed by atoms with Gasteiger partial charge in [0.25, 0.3) is 0 Å². The van der Waals surface area contributed by atoms with E-state index >= 15 is 0 Å². The molecular formula is C19H21FN2O3. The molecule has 0 radical (unpaired) electrons. The van der Waals surface area contributed by atoms with Gasteiger partial charge in [0.05, 0.1) is 19.6 Å². The molecule has 132 valence electrons. The minimum atomic E-state index is -0.537. The van der Waals surface area contributed by atoms with E-state index in [1.807, 2.05) is 24.3 Å². The van der Waals surface area contributed by atoms with Gasteiger partial charge < -0.3 is 15.4 Å². The van der Waals surface area contributed by atoms with Crippen molar-refractivity contribution in [3.63, 3.8) is 0 Å². The van der Waals surface area contributed by atoms with Crippen LogP contribution in [0.25, 0.3) is 0 Å². The molecule has 0 aromatic heterocycles. The smallest absolute Gasteiger partial charge is 0.239 e. The van der Waals surface area contributed by atoms with Gasteiger partial charge in [-0.25, -0.2) is 4.39 Å². The predicted molar refractivity (Wildman–Crippen MR) is 92.7 cm³/mol. The highest BCUT2D eigenvalue weighted by Gasteiger charge is 2.16. The van der Waals surface area contributed by atoms with Crippen LogP contribution in [0.4, 0.5) is 4.39 Å². The van der Waals surface area contributed by atoms with Crippen molar-refractivity contribution in [1.82, 2.24) is 10.6 Å². The number of hydrogen-bond acceptors (Lipinski definition) is 3. The Kier molecular flexibility index (Phi) is 6.51. The lowest BCUT2D eigenvalue weighted by Gasteiger charge is -2.13. The van der Waals surface area contributed by atoms with Gasteiger partial charge in [-0.15, -0.1) is 0 Å². The molecule has 0 heterocycles. The van der Waals surface area contributed by atoms with Crippen LogP contribution in [0.3, 0.4) is 0 Å². The van der Waals surface area contributed by atoms with Crippen molar-refractivity contribution in [2.24, 2.45) is 0 Å². The molecule has 2 N–H and O–H groups in total. The lowest BCUT2D eigenvalue weighted by atomic mass is 10.0. The molecule has 0 fully saturated rings. The Labute approximate surface area is 146 Å². The van der Waals surface area contributed by atoms with Crippen molar-refractivity contribution < 1.29 is 18.7 Å². The summed E-state index contributed by atoms with van der Waals surface area (Å²) in [6, 6.07) is 13.2. The Morgan fingerprint density at radius 3 is 2.48 bits per heavy atom. The van der Waals surface area contributed by atoms with Crippen LogP contribution in [0.5, 0.6) is 5.75 Å². The van der Waals surface area contributed by atoms with E-state index in [-0.39, 0.29) is 18.4 Å². The first-order valence-corrected chi connectivity index (χ1v) is 7.92. The molecule has 2 rings (SSSR count). The van der Waals surface area contributed by atoms with Crippen molar-refractivity contribution >= 4 is 11.8 Å². The van der Waals surface area contributed by atoms with E-state index in [1.165, 1.54) is 12.1 Å². The zero-order valence-corrected chi connectivity index (χ0v) is 14.2. The Morgan fingerprint density at radius 1 is 1.12 bits per heavy atom. The molecule has 0 aliphatic carbocycles. The van der Waals surface area contributed by atoms with Gasteiger partial charge in [-0.2, -0.15) is 0 Å². The molecular weight excluding hydrogens is 323 g/mol. The van der Waals surface area contributed by atoms with Crippen LogP contribution in [-0.2, 0) is 16.1 Å². The highest BCUT2D eigenvalue weighted by atomic mass is 19.1. The van der Waals surface area contributed by atoms with Crippen molar-refractivity contribution in [2.75, 3.05) is 13.7 Å². The van der Waals surface area contributed by atoms with E-state index in [9.17, 15) is 14.0 Å². The summed E-state index contributed by atoms with van der Waals surface area (Å²) in [7, 11) is 1.59. The Bertz CT molecular complexity index is 732. The summed E-state index contributed by atoms with van der Waals surface area (Å²) < 4.78 is 18.3. The van der Waals surface area contributed by atoms with E-state index in [4.69, 9.17) is 4.74 Å². The Balaban J connectivity index is 1.77. The van der Waals surface area contributed by atoms with Gasteiger partial charge in [0.15, 0.2) is 0 Å². The van der Waals surface area contributed by atoms with Gasteiger partial charge in [0.2, 0.25) is 11.8 Å². The number of ether oxygens (including phenoxy) is 1. The minimum absolute atomic E-state index is 0.130. The highest BCUT2D eigenvalue weighted by Crippen LogP contribution is 2.16. The molecule has 0 bridgehead atoms. The molecule has 25 heavy (non-hydrogen) atoms. The number of halogens is 1. The van der Waals surface area contributed by atoms with Crippen LogP contribution >= 0.6 is 0 Å². The van der Waals surface area contributed by atoms with E-state index < -0.39 is 11.7 Å². The number of carbonyl (C=O) groups excluding carboxylic acids is 2. The largest absolute Gasteiger partial charge is 0.497 e. The standard InChI is InChI=1S/C19H21FN2O3/c1-13(15-4-3-5-16(20)10-15)19(24)22-12-18(23)21-11-14-6-8-17(25-2)9-7-14/h3-10,13H,11-12H2,1-2H3,(H,21,23)(H,22,24). The van der Waals surface area contributed by atoms with Gasteiger partial charge in [-0.1, -0.05) is 24.3 Å². The molecule has 2 aromatic rings. The molecule has 0 saturated heterocycles. The van der Waals surface area contributed by atoms with E-state index in [0.29, 0.717) is 12.1 Å². The summed E-state index contributed by atoms with van der Waals surface area (Å²) in [5, 5.41) is 5.29. The zero-order valence-electron chi connectivity index (χ0n) is 14.2. The quantitative estimate of drug-likeness (QED) is 0.810. The van der Waals surface area contributed by atoms with Crippen LogP contribution < -0.4 is 15.4 Å². The van der Waals surface area contributed by atoms with Crippen molar-refractivity contribution in [3.8, 4) is 5.75 Å². The van der Waals surface area contributed by atoms with Gasteiger partial charge in [-0.05, 0) is 42.3 Å². The highest BCUT2D eigenvalue weighted by molar-refractivity contribution is 5.88. The van der Waals surface area contributed by atoms with E-state index in [2.05, 4.69) is 10.6 Å². The zero-order chi connectivity index (χ0) is 18.2. The van der Waals surface area contributed by atoms with Gasteiger partial charge in [0.1, 0.15) is 11.6 Å². The molecule has 0 spiro atoms. The number of nitrogens with one attached hydrogen (secondary N) is 2. The number of amides is 2. The van der Waals surface area contributed by atoms with Crippen LogP contribution in [0.15, 0.2) is 48.5 Å². The normalized spacial score (nSPS) is 11.5. The predicted octanol–water partition coefficient (Wildman–Crippen LogP) is 2.37. The third kappa shape index (κ3) is 5.60. The van der Waals surface area contributed by atoms with Gasteiger partial charge in [-0.3, -0.25) is 9.59 Å². The fraction of sp³-hybridized carbons (Fsp3) is 0.263. The summed E-state index contributed by atoms with van der Waals surface area (Å²) in [6.07, 6.45) is 0. The van der Waals surface area contributed by atoms with Crippen LogP contribution in [-0.4, -0.2) is 25.5 Å². The number of carbonyl (C=O) groups is 2. The lowest BCUT2D eigenvalue weighted by Crippen LogP contribution is -2.38. The molecule has 0 aliphatic rings. The first-order valence-electron chi connectivity index (χ1n) is 7.92. The maximum atomic E-state index is 13.2. The molecule has 1 atom stereocenters. The molecule has 2 aromatic carbocycles. The number of hydrogen-bond donors (Lipinski definition) is 2. The van der Waals surface area contributed by atoms with Crippen molar-refractivity contribution in [1.29, 1.82) is 0 Å². The number of methoxy groups -OCH3 is 1. The van der Waals surface area contributed by atoms with Gasteiger partial charge in [0, 0.05) is 6.54 Å². The number of benzene rings is 2. The summed E-state index contributed by atoms with van der Waals surface area (Å²) in [5.41, 5.74) is 1.49. The second-order valence-electron chi connectivity index (χ2n) is 5.62. The molecule has 0 aliphatic heterocycles. The molecule has 5 nitrogen and oxygen atoms in total. The van der Waals surface area contributed by atoms with Crippen molar-refractivity contribution in [2.45, 2.75) is 19.4 Å². The van der Waals surface area contributed by atoms with Crippen LogP contribution in [0.2, 0.25) is 0 Å². The summed E-state index contributed by atoms with van der Waals surface area (Å²) in [5.74, 6) is -0.811. The van der Waals surface area contributed by atoms with Crippen molar-refractivity contribution in [3.05, 3.63) is 65.5 Å². The average molecular weight is 344 g/mol. The summed E-state index contributed by atoms with van der Waals surface area (Å²) in [4.78, 5) is 23.9. The van der Waals surface area contributed by atoms with Crippen LogP contribution in [0, 0.1) is 5.82 Å². The van der Waals surface area contributed by atoms with Gasteiger partial charge >= 0.3 is 0 Å². The SMILES string of the molecule is COc1ccc(CNC(=O)CNC(=O)C(C)c2cccc(F)c2)cc1. The van der Waals surface area contributed by atoms with Crippen LogP contribution in [0.1, 0.15) is 24.0 Å². The Hall–Kier alpha value is -2.89. The molecule has 6 heteroatoms. The second-order valence-corrected chi connectivity index (χ2v) is 5.62. The maximum Gasteiger partial charge on any atom is 0.239 e. The summed E-state index contributed by atoms with van der Waals surface area (Å²) in [6.45, 7) is 1.89. The fourth-order valence-electron chi connectivity index (χ4n) is 2.25. The van der Waals surface area contributed by atoms with E-state index in [0.717, 1.165) is 11.3 Å². The van der Waals surface area contributed by atoms with E-state index in [1.54, 1.807) is 26.2 Å². The third-order valence-electron chi connectivity index (χ3n) is 3.81. The first-order chi connectivity index (χ1) is 12.0. The topological polar surface area (TPSA) is 67.4 Å². The summed E-state index contributed by atoms with van der Waals surface area (Å²) >= 11 is 0. The third-order valence-corrected chi connectivity index (χ3v) is 3.81. The second kappa shape index (κ2) is 8.82.